The molecule has 0 aliphatic heterocycles. The van der Waals surface area contributed by atoms with E-state index < -0.39 is 17.8 Å². The maximum absolute atomic E-state index is 13.4. The highest BCUT2D eigenvalue weighted by Crippen LogP contribution is 2.22. The van der Waals surface area contributed by atoms with E-state index in [1.165, 1.54) is 12.1 Å². The van der Waals surface area contributed by atoms with E-state index >= 15 is 0 Å². The summed E-state index contributed by atoms with van der Waals surface area (Å²) in [5.74, 6) is -1.64. The predicted octanol–water partition coefficient (Wildman–Crippen LogP) is 2.75. The highest BCUT2D eigenvalue weighted by molar-refractivity contribution is 6.31. The lowest BCUT2D eigenvalue weighted by Gasteiger charge is -2.14. The second-order valence-corrected chi connectivity index (χ2v) is 3.45. The van der Waals surface area contributed by atoms with E-state index in [0.717, 1.165) is 0 Å². The van der Waals surface area contributed by atoms with E-state index in [2.05, 4.69) is 5.32 Å². The number of halogens is 2. The molecule has 0 bridgehead atoms. The molecule has 0 spiro atoms. The van der Waals surface area contributed by atoms with Crippen LogP contribution in [-0.4, -0.2) is 17.1 Å². The summed E-state index contributed by atoms with van der Waals surface area (Å²) in [6, 6.07) is 3.61. The normalized spacial score (nSPS) is 12.2. The zero-order valence-corrected chi connectivity index (χ0v) is 8.88. The first kappa shape index (κ1) is 11.8. The molecule has 0 fully saturated rings. The number of hydrogen-bond donors (Lipinski definition) is 2. The Morgan fingerprint density at radius 2 is 2.33 bits per heavy atom. The topological polar surface area (TPSA) is 49.3 Å². The lowest BCUT2D eigenvalue weighted by Crippen LogP contribution is -2.28. The molecular weight excluding hydrogens is 221 g/mol. The van der Waals surface area contributed by atoms with Crippen molar-refractivity contribution in [2.45, 2.75) is 19.4 Å². The Hall–Kier alpha value is -1.29. The van der Waals surface area contributed by atoms with Crippen molar-refractivity contribution in [1.29, 1.82) is 0 Å². The third-order valence-electron chi connectivity index (χ3n) is 1.99. The number of hydrogen-bond acceptors (Lipinski definition) is 2. The van der Waals surface area contributed by atoms with E-state index in [0.29, 0.717) is 6.42 Å². The molecule has 82 valence electrons. The molecule has 0 aliphatic rings. The molecule has 1 rings (SSSR count). The average molecular weight is 232 g/mol. The molecule has 15 heavy (non-hydrogen) atoms. The van der Waals surface area contributed by atoms with Crippen LogP contribution < -0.4 is 5.32 Å². The Morgan fingerprint density at radius 1 is 1.67 bits per heavy atom. The first-order chi connectivity index (χ1) is 7.06. The second kappa shape index (κ2) is 4.98. The van der Waals surface area contributed by atoms with Crippen molar-refractivity contribution in [3.8, 4) is 0 Å². The molecule has 1 aromatic rings. The summed E-state index contributed by atoms with van der Waals surface area (Å²) in [5.41, 5.74) is 0.108. The third-order valence-corrected chi connectivity index (χ3v) is 2.28. The highest BCUT2D eigenvalue weighted by Gasteiger charge is 2.16. The first-order valence-electron chi connectivity index (χ1n) is 4.49. The highest BCUT2D eigenvalue weighted by atomic mass is 35.5. The Morgan fingerprint density at radius 3 is 2.87 bits per heavy atom. The molecule has 0 aromatic heterocycles. The van der Waals surface area contributed by atoms with Crippen molar-refractivity contribution in [3.05, 3.63) is 29.0 Å². The number of carboxylic acid groups (broad SMARTS) is 1. The standard InChI is InChI=1S/C10H11ClFNO2/c1-2-7(10(14)15)13-8-5-3-4-6(11)9(8)12/h3-5,7,13H,2H2,1H3,(H,14,15). The van der Waals surface area contributed by atoms with Crippen LogP contribution in [0.5, 0.6) is 0 Å². The molecule has 5 heteroatoms. The van der Waals surface area contributed by atoms with Crippen molar-refractivity contribution in [2.75, 3.05) is 5.32 Å². The number of aliphatic carboxylic acids is 1. The fraction of sp³-hybridized carbons (Fsp3) is 0.300. The molecular formula is C10H11ClFNO2. The van der Waals surface area contributed by atoms with Crippen LogP contribution >= 0.6 is 11.6 Å². The van der Waals surface area contributed by atoms with Crippen LogP contribution in [0.1, 0.15) is 13.3 Å². The zero-order valence-electron chi connectivity index (χ0n) is 8.13. The molecule has 2 N–H and O–H groups in total. The van der Waals surface area contributed by atoms with Crippen molar-refractivity contribution >= 4 is 23.3 Å². The van der Waals surface area contributed by atoms with Crippen molar-refractivity contribution < 1.29 is 14.3 Å². The fourth-order valence-corrected chi connectivity index (χ4v) is 1.32. The summed E-state index contributed by atoms with van der Waals surface area (Å²) in [6.07, 6.45) is 0.362. The van der Waals surface area contributed by atoms with E-state index in [9.17, 15) is 9.18 Å². The molecule has 1 unspecified atom stereocenters. The Balaban J connectivity index is 2.88. The van der Waals surface area contributed by atoms with Gasteiger partial charge in [-0.1, -0.05) is 24.6 Å². The molecule has 1 aromatic carbocycles. The number of nitrogens with one attached hydrogen (secondary N) is 1. The second-order valence-electron chi connectivity index (χ2n) is 3.04. The van der Waals surface area contributed by atoms with Gasteiger partial charge in [-0.2, -0.15) is 0 Å². The molecule has 0 heterocycles. The predicted molar refractivity (Wildman–Crippen MR) is 56.7 cm³/mol. The quantitative estimate of drug-likeness (QED) is 0.838. The minimum Gasteiger partial charge on any atom is -0.480 e. The summed E-state index contributed by atoms with van der Waals surface area (Å²) in [4.78, 5) is 10.7. The summed E-state index contributed by atoms with van der Waals surface area (Å²) < 4.78 is 13.4. The number of rotatable bonds is 4. The van der Waals surface area contributed by atoms with Crippen LogP contribution in [0.3, 0.4) is 0 Å². The van der Waals surface area contributed by atoms with Gasteiger partial charge in [0.15, 0.2) is 5.82 Å². The van der Waals surface area contributed by atoms with Crippen LogP contribution in [0.4, 0.5) is 10.1 Å². The van der Waals surface area contributed by atoms with E-state index in [4.69, 9.17) is 16.7 Å². The van der Waals surface area contributed by atoms with E-state index in [1.807, 2.05) is 0 Å². The van der Waals surface area contributed by atoms with Gasteiger partial charge in [0.05, 0.1) is 10.7 Å². The Kier molecular flexibility index (Phi) is 3.91. The average Bonchev–Trinajstić information content (AvgIpc) is 2.19. The maximum atomic E-state index is 13.4. The molecule has 0 radical (unpaired) electrons. The summed E-state index contributed by atoms with van der Waals surface area (Å²) in [6.45, 7) is 1.70. The van der Waals surface area contributed by atoms with E-state index in [1.54, 1.807) is 13.0 Å². The van der Waals surface area contributed by atoms with Crippen LogP contribution in [0.15, 0.2) is 18.2 Å². The van der Waals surface area contributed by atoms with Gasteiger partial charge in [-0.3, -0.25) is 0 Å². The summed E-state index contributed by atoms with van der Waals surface area (Å²) in [7, 11) is 0. The molecule has 3 nitrogen and oxygen atoms in total. The monoisotopic (exact) mass is 231 g/mol. The van der Waals surface area contributed by atoms with Gasteiger partial charge in [0.1, 0.15) is 6.04 Å². The number of carbonyl (C=O) groups is 1. The molecule has 0 amide bonds. The summed E-state index contributed by atoms with van der Waals surface area (Å²) in [5, 5.41) is 11.3. The number of carboxylic acids is 1. The first-order valence-corrected chi connectivity index (χ1v) is 4.87. The molecule has 0 aliphatic carbocycles. The van der Waals surface area contributed by atoms with Gasteiger partial charge in [0, 0.05) is 0 Å². The minimum atomic E-state index is -1.02. The summed E-state index contributed by atoms with van der Waals surface area (Å²) >= 11 is 5.56. The largest absolute Gasteiger partial charge is 0.480 e. The van der Waals surface area contributed by atoms with Gasteiger partial charge in [-0.25, -0.2) is 9.18 Å². The van der Waals surface area contributed by atoms with E-state index in [-0.39, 0.29) is 10.7 Å². The minimum absolute atomic E-state index is 0.0276. The molecule has 1 atom stereocenters. The lowest BCUT2D eigenvalue weighted by molar-refractivity contribution is -0.137. The third kappa shape index (κ3) is 2.83. The molecule has 0 saturated heterocycles. The van der Waals surface area contributed by atoms with Crippen molar-refractivity contribution in [2.24, 2.45) is 0 Å². The van der Waals surface area contributed by atoms with Crippen LogP contribution in [0.25, 0.3) is 0 Å². The van der Waals surface area contributed by atoms with Crippen LogP contribution in [0, 0.1) is 5.82 Å². The lowest BCUT2D eigenvalue weighted by atomic mass is 10.2. The Bertz CT molecular complexity index is 370. The maximum Gasteiger partial charge on any atom is 0.326 e. The van der Waals surface area contributed by atoms with Gasteiger partial charge < -0.3 is 10.4 Å². The SMILES string of the molecule is CCC(Nc1cccc(Cl)c1F)C(=O)O. The Labute approximate surface area is 91.9 Å². The smallest absolute Gasteiger partial charge is 0.326 e. The van der Waals surface area contributed by atoms with Gasteiger partial charge in [-0.05, 0) is 18.6 Å². The van der Waals surface area contributed by atoms with Gasteiger partial charge in [0.2, 0.25) is 0 Å². The van der Waals surface area contributed by atoms with Gasteiger partial charge >= 0.3 is 5.97 Å². The van der Waals surface area contributed by atoms with Crippen molar-refractivity contribution in [3.63, 3.8) is 0 Å². The molecule has 0 saturated carbocycles. The number of benzene rings is 1. The zero-order chi connectivity index (χ0) is 11.4. The van der Waals surface area contributed by atoms with Crippen LogP contribution in [0.2, 0.25) is 5.02 Å². The number of anilines is 1. The van der Waals surface area contributed by atoms with Crippen molar-refractivity contribution in [1.82, 2.24) is 0 Å². The van der Waals surface area contributed by atoms with Crippen LogP contribution in [-0.2, 0) is 4.79 Å². The fourth-order valence-electron chi connectivity index (χ4n) is 1.14. The van der Waals surface area contributed by atoms with Gasteiger partial charge in [0.25, 0.3) is 0 Å². The van der Waals surface area contributed by atoms with Gasteiger partial charge in [-0.15, -0.1) is 0 Å².